The zero-order chi connectivity index (χ0) is 5.54. The van der Waals surface area contributed by atoms with E-state index < -0.39 is 0 Å². The van der Waals surface area contributed by atoms with E-state index in [0.717, 1.165) is 0 Å². The van der Waals surface area contributed by atoms with Gasteiger partial charge in [-0.15, -0.1) is 0 Å². The van der Waals surface area contributed by atoms with Gasteiger partial charge in [0, 0.05) is 6.54 Å². The fourth-order valence-corrected chi connectivity index (χ4v) is 0.194. The van der Waals surface area contributed by atoms with Crippen LogP contribution in [0.4, 0.5) is 0 Å². The first-order valence-electron chi connectivity index (χ1n) is 2.03. The first-order valence-corrected chi connectivity index (χ1v) is 2.03. The third kappa shape index (κ3) is 5.41. The smallest absolute Gasteiger partial charge is 0.318 e. The quantitative estimate of drug-likeness (QED) is 0.395. The maximum Gasteiger partial charge on any atom is 0.318 e. The van der Waals surface area contributed by atoms with Crippen molar-refractivity contribution < 1.29 is 4.74 Å². The molecule has 0 fully saturated rings. The Morgan fingerprint density at radius 3 is 2.86 bits per heavy atom. The first kappa shape index (κ1) is 6.41. The molecule has 0 aromatic heterocycles. The van der Waals surface area contributed by atoms with Gasteiger partial charge in [0.25, 0.3) is 0 Å². The van der Waals surface area contributed by atoms with Gasteiger partial charge in [-0.25, -0.2) is 6.57 Å². The summed E-state index contributed by atoms with van der Waals surface area (Å²) in [5.74, 6) is 0. The van der Waals surface area contributed by atoms with Gasteiger partial charge in [0.15, 0.2) is 0 Å². The maximum atomic E-state index is 6.24. The second kappa shape index (κ2) is 5.41. The Hall–Kier alpha value is -0.590. The van der Waals surface area contributed by atoms with Gasteiger partial charge in [0.05, 0.1) is 6.61 Å². The molecule has 0 spiro atoms. The number of hydrogen-bond acceptors (Lipinski definition) is 2. The van der Waals surface area contributed by atoms with E-state index in [1.807, 2.05) is 0 Å². The van der Waals surface area contributed by atoms with Crippen molar-refractivity contribution in [2.24, 2.45) is 5.73 Å². The first-order chi connectivity index (χ1) is 3.41. The molecule has 40 valence electrons. The molecule has 0 saturated heterocycles. The largest absolute Gasteiger partial charge is 0.328 e. The summed E-state index contributed by atoms with van der Waals surface area (Å²) >= 11 is 0. The molecule has 0 aliphatic carbocycles. The molecule has 0 heterocycles. The standard InChI is InChI=1S/C4H8N2O/c1-6-4-7-3-2-5/h2-5H2. The average Bonchev–Trinajstić information content (AvgIpc) is 1.69. The molecule has 7 heavy (non-hydrogen) atoms. The van der Waals surface area contributed by atoms with Crippen LogP contribution in [0.15, 0.2) is 0 Å². The van der Waals surface area contributed by atoms with Crippen molar-refractivity contribution in [3.05, 3.63) is 11.4 Å². The molecule has 0 bridgehead atoms. The number of hydrogen-bond donors (Lipinski definition) is 1. The van der Waals surface area contributed by atoms with Crippen molar-refractivity contribution in [1.29, 1.82) is 0 Å². The fourth-order valence-electron chi connectivity index (χ4n) is 0.194. The lowest BCUT2D eigenvalue weighted by molar-refractivity contribution is 0.169. The van der Waals surface area contributed by atoms with Crippen LogP contribution >= 0.6 is 0 Å². The van der Waals surface area contributed by atoms with Gasteiger partial charge < -0.3 is 10.5 Å². The SMILES string of the molecule is [C-]#[N+]COCCN. The molecular weight excluding hydrogens is 92.1 g/mol. The molecule has 0 amide bonds. The number of nitrogens with two attached hydrogens (primary N) is 1. The lowest BCUT2D eigenvalue weighted by Gasteiger charge is -1.87. The molecule has 3 heteroatoms. The van der Waals surface area contributed by atoms with Gasteiger partial charge in [-0.3, -0.25) is 4.85 Å². The van der Waals surface area contributed by atoms with Gasteiger partial charge >= 0.3 is 6.73 Å². The zero-order valence-electron chi connectivity index (χ0n) is 4.05. The predicted octanol–water partition coefficient (Wildman–Crippen LogP) is -0.162. The average molecular weight is 100 g/mol. The topological polar surface area (TPSA) is 39.6 Å². The molecule has 0 rings (SSSR count). The summed E-state index contributed by atoms with van der Waals surface area (Å²) in [4.78, 5) is 2.95. The highest BCUT2D eigenvalue weighted by Gasteiger charge is 1.79. The van der Waals surface area contributed by atoms with Crippen molar-refractivity contribution in [3.8, 4) is 0 Å². The summed E-state index contributed by atoms with van der Waals surface area (Å²) in [6.45, 7) is 7.36. The van der Waals surface area contributed by atoms with Gasteiger partial charge in [-0.1, -0.05) is 0 Å². The van der Waals surface area contributed by atoms with E-state index in [1.54, 1.807) is 0 Å². The minimum absolute atomic E-state index is 0.136. The van der Waals surface area contributed by atoms with Crippen molar-refractivity contribution in [2.45, 2.75) is 0 Å². The molecular formula is C4H8N2O. The molecule has 0 aliphatic heterocycles. The van der Waals surface area contributed by atoms with Crippen LogP contribution in [0.25, 0.3) is 4.85 Å². The van der Waals surface area contributed by atoms with Gasteiger partial charge in [0.1, 0.15) is 0 Å². The lowest BCUT2D eigenvalue weighted by Crippen LogP contribution is -2.07. The van der Waals surface area contributed by atoms with E-state index in [2.05, 4.69) is 9.58 Å². The van der Waals surface area contributed by atoms with Gasteiger partial charge in [0.2, 0.25) is 0 Å². The number of rotatable bonds is 3. The van der Waals surface area contributed by atoms with Crippen LogP contribution in [0.3, 0.4) is 0 Å². The fraction of sp³-hybridized carbons (Fsp3) is 0.750. The monoisotopic (exact) mass is 100 g/mol. The molecule has 0 atom stereocenters. The number of ether oxygens (including phenoxy) is 1. The molecule has 0 saturated carbocycles. The predicted molar refractivity (Wildman–Crippen MR) is 26.5 cm³/mol. The second-order valence-electron chi connectivity index (χ2n) is 0.984. The van der Waals surface area contributed by atoms with E-state index in [0.29, 0.717) is 13.2 Å². The zero-order valence-corrected chi connectivity index (χ0v) is 4.05. The Morgan fingerprint density at radius 1 is 1.71 bits per heavy atom. The Balaban J connectivity index is 2.60. The Labute approximate surface area is 42.9 Å². The van der Waals surface area contributed by atoms with Crippen molar-refractivity contribution >= 4 is 0 Å². The highest BCUT2D eigenvalue weighted by molar-refractivity contribution is 4.45. The van der Waals surface area contributed by atoms with Gasteiger partial charge in [-0.2, -0.15) is 0 Å². The summed E-state index contributed by atoms with van der Waals surface area (Å²) in [5.41, 5.74) is 5.04. The summed E-state index contributed by atoms with van der Waals surface area (Å²) in [6.07, 6.45) is 0. The van der Waals surface area contributed by atoms with Crippen LogP contribution in [-0.2, 0) is 4.74 Å². The maximum absolute atomic E-state index is 6.24. The van der Waals surface area contributed by atoms with Crippen molar-refractivity contribution in [2.75, 3.05) is 19.9 Å². The van der Waals surface area contributed by atoms with Crippen molar-refractivity contribution in [3.63, 3.8) is 0 Å². The highest BCUT2D eigenvalue weighted by atomic mass is 16.5. The van der Waals surface area contributed by atoms with Crippen molar-refractivity contribution in [1.82, 2.24) is 0 Å². The minimum Gasteiger partial charge on any atom is -0.328 e. The van der Waals surface area contributed by atoms with Crippen LogP contribution in [-0.4, -0.2) is 19.9 Å². The van der Waals surface area contributed by atoms with Gasteiger partial charge in [-0.05, 0) is 0 Å². The van der Waals surface area contributed by atoms with Crippen LogP contribution < -0.4 is 5.73 Å². The summed E-state index contributed by atoms with van der Waals surface area (Å²) in [7, 11) is 0. The highest BCUT2D eigenvalue weighted by Crippen LogP contribution is 1.69. The molecule has 0 radical (unpaired) electrons. The normalized spacial score (nSPS) is 8.00. The molecule has 0 aliphatic rings. The molecule has 2 N–H and O–H groups in total. The van der Waals surface area contributed by atoms with E-state index in [9.17, 15) is 0 Å². The second-order valence-corrected chi connectivity index (χ2v) is 0.984. The lowest BCUT2D eigenvalue weighted by atomic mass is 10.7. The van der Waals surface area contributed by atoms with Crippen LogP contribution in [0.2, 0.25) is 0 Å². The van der Waals surface area contributed by atoms with E-state index in [4.69, 9.17) is 12.3 Å². The Bertz CT molecular complexity index is 66.6. The molecule has 0 aromatic rings. The van der Waals surface area contributed by atoms with Crippen LogP contribution in [0.5, 0.6) is 0 Å². The third-order valence-electron chi connectivity index (χ3n) is 0.418. The summed E-state index contributed by atoms with van der Waals surface area (Å²) in [6, 6.07) is 0. The molecule has 3 nitrogen and oxygen atoms in total. The van der Waals surface area contributed by atoms with Crippen LogP contribution in [0, 0.1) is 6.57 Å². The van der Waals surface area contributed by atoms with E-state index in [-0.39, 0.29) is 6.73 Å². The molecule has 0 unspecified atom stereocenters. The molecule has 0 aromatic carbocycles. The summed E-state index contributed by atoms with van der Waals surface area (Å²) < 4.78 is 4.65. The summed E-state index contributed by atoms with van der Waals surface area (Å²) in [5, 5.41) is 0. The van der Waals surface area contributed by atoms with E-state index >= 15 is 0 Å². The minimum atomic E-state index is 0.136. The number of nitrogens with zero attached hydrogens (tertiary/aromatic N) is 1. The van der Waals surface area contributed by atoms with E-state index in [1.165, 1.54) is 0 Å². The Kier molecular flexibility index (Phi) is 4.95. The Morgan fingerprint density at radius 2 is 2.43 bits per heavy atom. The third-order valence-corrected chi connectivity index (χ3v) is 0.418. The van der Waals surface area contributed by atoms with Crippen LogP contribution in [0.1, 0.15) is 0 Å².